The van der Waals surface area contributed by atoms with Crippen LogP contribution in [-0.4, -0.2) is 36.5 Å². The van der Waals surface area contributed by atoms with E-state index in [-0.39, 0.29) is 11.9 Å². The standard InChI is InChI=1S/C11H20N2O/c1-5-8-9-12-10(4)11(14)13(6-2)7-3/h10,12H,6-7,9H2,1-4H3. The molecule has 1 amide bonds. The highest BCUT2D eigenvalue weighted by atomic mass is 16.2. The Kier molecular flexibility index (Phi) is 6.87. The summed E-state index contributed by atoms with van der Waals surface area (Å²) in [5, 5.41) is 3.07. The maximum Gasteiger partial charge on any atom is 0.239 e. The van der Waals surface area contributed by atoms with Gasteiger partial charge < -0.3 is 4.90 Å². The topological polar surface area (TPSA) is 32.3 Å². The molecule has 0 rings (SSSR count). The zero-order chi connectivity index (χ0) is 11.0. The van der Waals surface area contributed by atoms with E-state index in [9.17, 15) is 4.79 Å². The molecule has 3 nitrogen and oxygen atoms in total. The van der Waals surface area contributed by atoms with E-state index < -0.39 is 0 Å². The Morgan fingerprint density at radius 2 is 2.00 bits per heavy atom. The number of hydrogen-bond donors (Lipinski definition) is 1. The minimum absolute atomic E-state index is 0.143. The zero-order valence-electron chi connectivity index (χ0n) is 9.55. The molecule has 0 heterocycles. The van der Waals surface area contributed by atoms with E-state index in [1.54, 1.807) is 6.92 Å². The van der Waals surface area contributed by atoms with Crippen molar-refractivity contribution < 1.29 is 4.79 Å². The van der Waals surface area contributed by atoms with Crippen molar-refractivity contribution in [3.63, 3.8) is 0 Å². The van der Waals surface area contributed by atoms with E-state index >= 15 is 0 Å². The van der Waals surface area contributed by atoms with Gasteiger partial charge >= 0.3 is 0 Å². The largest absolute Gasteiger partial charge is 0.342 e. The van der Waals surface area contributed by atoms with Crippen LogP contribution >= 0.6 is 0 Å². The maximum atomic E-state index is 11.7. The van der Waals surface area contributed by atoms with Crippen molar-refractivity contribution in [2.75, 3.05) is 19.6 Å². The molecule has 0 radical (unpaired) electrons. The van der Waals surface area contributed by atoms with E-state index in [1.165, 1.54) is 0 Å². The molecular formula is C11H20N2O. The first-order chi connectivity index (χ1) is 6.67. The van der Waals surface area contributed by atoms with Crippen molar-refractivity contribution in [2.24, 2.45) is 0 Å². The summed E-state index contributed by atoms with van der Waals surface area (Å²) in [7, 11) is 0. The number of nitrogens with one attached hydrogen (secondary N) is 1. The molecule has 0 aliphatic carbocycles. The number of amides is 1. The number of carbonyl (C=O) groups excluding carboxylic acids is 1. The minimum atomic E-state index is -0.143. The summed E-state index contributed by atoms with van der Waals surface area (Å²) in [4.78, 5) is 13.5. The van der Waals surface area contributed by atoms with Crippen LogP contribution in [0.5, 0.6) is 0 Å². The molecule has 0 aromatic carbocycles. The van der Waals surface area contributed by atoms with Gasteiger partial charge in [0.2, 0.25) is 5.91 Å². The molecule has 3 heteroatoms. The molecule has 0 aromatic heterocycles. The Morgan fingerprint density at radius 3 is 2.43 bits per heavy atom. The van der Waals surface area contributed by atoms with Gasteiger partial charge in [0.15, 0.2) is 0 Å². The molecule has 0 saturated heterocycles. The van der Waals surface area contributed by atoms with Crippen molar-refractivity contribution in [1.29, 1.82) is 0 Å². The quantitative estimate of drug-likeness (QED) is 0.661. The molecule has 1 atom stereocenters. The van der Waals surface area contributed by atoms with Crippen molar-refractivity contribution in [2.45, 2.75) is 33.7 Å². The Labute approximate surface area is 86.9 Å². The second-order valence-electron chi connectivity index (χ2n) is 3.04. The summed E-state index contributed by atoms with van der Waals surface area (Å²) < 4.78 is 0. The predicted molar refractivity (Wildman–Crippen MR) is 58.8 cm³/mol. The first kappa shape index (κ1) is 13.0. The van der Waals surface area contributed by atoms with Gasteiger partial charge in [0.05, 0.1) is 12.6 Å². The smallest absolute Gasteiger partial charge is 0.239 e. The lowest BCUT2D eigenvalue weighted by molar-refractivity contribution is -0.132. The van der Waals surface area contributed by atoms with E-state index in [0.717, 1.165) is 13.1 Å². The monoisotopic (exact) mass is 196 g/mol. The summed E-state index contributed by atoms with van der Waals surface area (Å²) in [6, 6.07) is -0.143. The number of carbonyl (C=O) groups is 1. The van der Waals surface area contributed by atoms with Crippen LogP contribution in [-0.2, 0) is 4.79 Å². The first-order valence-electron chi connectivity index (χ1n) is 5.09. The molecule has 1 N–H and O–H groups in total. The molecule has 1 unspecified atom stereocenters. The second-order valence-corrected chi connectivity index (χ2v) is 3.04. The van der Waals surface area contributed by atoms with Crippen LogP contribution in [0.25, 0.3) is 0 Å². The third-order valence-corrected chi connectivity index (χ3v) is 2.12. The second kappa shape index (κ2) is 7.40. The number of likely N-dealkylation sites (N-methyl/N-ethyl adjacent to an activating group) is 1. The summed E-state index contributed by atoms with van der Waals surface area (Å²) in [6.45, 7) is 9.74. The Hall–Kier alpha value is -1.01. The highest BCUT2D eigenvalue weighted by Crippen LogP contribution is 1.93. The van der Waals surface area contributed by atoms with Crippen LogP contribution in [0.15, 0.2) is 0 Å². The van der Waals surface area contributed by atoms with Crippen LogP contribution in [0.4, 0.5) is 0 Å². The summed E-state index contributed by atoms with van der Waals surface area (Å²) in [5.74, 6) is 5.81. The van der Waals surface area contributed by atoms with Crippen molar-refractivity contribution in [3.05, 3.63) is 0 Å². The van der Waals surface area contributed by atoms with Crippen LogP contribution < -0.4 is 5.32 Å². The molecule has 14 heavy (non-hydrogen) atoms. The highest BCUT2D eigenvalue weighted by Gasteiger charge is 2.16. The van der Waals surface area contributed by atoms with E-state index in [1.807, 2.05) is 25.7 Å². The van der Waals surface area contributed by atoms with E-state index in [2.05, 4.69) is 17.2 Å². The number of rotatable bonds is 5. The zero-order valence-corrected chi connectivity index (χ0v) is 9.55. The predicted octanol–water partition coefficient (Wildman–Crippen LogP) is 0.856. The fraction of sp³-hybridized carbons (Fsp3) is 0.727. The molecule has 0 aliphatic rings. The lowest BCUT2D eigenvalue weighted by Crippen LogP contribution is -2.44. The molecule has 80 valence electrons. The summed E-state index contributed by atoms with van der Waals surface area (Å²) in [5.41, 5.74) is 0. The van der Waals surface area contributed by atoms with Gasteiger partial charge in [-0.1, -0.05) is 5.92 Å². The molecule has 0 aromatic rings. The van der Waals surface area contributed by atoms with Crippen molar-refractivity contribution in [1.82, 2.24) is 10.2 Å². The normalized spacial score (nSPS) is 11.4. The van der Waals surface area contributed by atoms with Gasteiger partial charge in [0.1, 0.15) is 0 Å². The van der Waals surface area contributed by atoms with Gasteiger partial charge in [0, 0.05) is 13.1 Å². The molecule has 0 spiro atoms. The average molecular weight is 196 g/mol. The van der Waals surface area contributed by atoms with Gasteiger partial charge in [0.25, 0.3) is 0 Å². The summed E-state index contributed by atoms with van der Waals surface area (Å²) in [6.07, 6.45) is 0. The van der Waals surface area contributed by atoms with Gasteiger partial charge in [-0.05, 0) is 27.7 Å². The maximum absolute atomic E-state index is 11.7. The number of hydrogen-bond acceptors (Lipinski definition) is 2. The Balaban J connectivity index is 4.01. The van der Waals surface area contributed by atoms with Crippen molar-refractivity contribution >= 4 is 5.91 Å². The molecule has 0 bridgehead atoms. The molecule has 0 saturated carbocycles. The fourth-order valence-corrected chi connectivity index (χ4v) is 1.19. The van der Waals surface area contributed by atoms with Gasteiger partial charge in [-0.25, -0.2) is 0 Å². The molecular weight excluding hydrogens is 176 g/mol. The lowest BCUT2D eigenvalue weighted by Gasteiger charge is -2.22. The van der Waals surface area contributed by atoms with Crippen LogP contribution in [0, 0.1) is 11.8 Å². The van der Waals surface area contributed by atoms with Gasteiger partial charge in [-0.2, -0.15) is 0 Å². The van der Waals surface area contributed by atoms with E-state index in [0.29, 0.717) is 6.54 Å². The average Bonchev–Trinajstić information content (AvgIpc) is 2.19. The highest BCUT2D eigenvalue weighted by molar-refractivity contribution is 5.81. The summed E-state index contributed by atoms with van der Waals surface area (Å²) >= 11 is 0. The molecule has 0 aliphatic heterocycles. The van der Waals surface area contributed by atoms with E-state index in [4.69, 9.17) is 0 Å². The SMILES string of the molecule is CC#CCNC(C)C(=O)N(CC)CC. The Morgan fingerprint density at radius 1 is 1.43 bits per heavy atom. The van der Waals surface area contributed by atoms with Crippen LogP contribution in [0.1, 0.15) is 27.7 Å². The van der Waals surface area contributed by atoms with Crippen molar-refractivity contribution in [3.8, 4) is 11.8 Å². The third-order valence-electron chi connectivity index (χ3n) is 2.12. The minimum Gasteiger partial charge on any atom is -0.342 e. The third kappa shape index (κ3) is 4.29. The van der Waals surface area contributed by atoms with Gasteiger partial charge in [-0.15, -0.1) is 5.92 Å². The fourth-order valence-electron chi connectivity index (χ4n) is 1.19. The van der Waals surface area contributed by atoms with Gasteiger partial charge in [-0.3, -0.25) is 10.1 Å². The first-order valence-corrected chi connectivity index (χ1v) is 5.09. The number of nitrogens with zero attached hydrogens (tertiary/aromatic N) is 1. The Bertz CT molecular complexity index is 223. The van der Waals surface area contributed by atoms with Crippen LogP contribution in [0.2, 0.25) is 0 Å². The van der Waals surface area contributed by atoms with Crippen LogP contribution in [0.3, 0.4) is 0 Å². The lowest BCUT2D eigenvalue weighted by atomic mass is 10.3. The molecule has 0 fully saturated rings.